The Morgan fingerprint density at radius 1 is 1.24 bits per heavy atom. The quantitative estimate of drug-likeness (QED) is 0.745. The van der Waals surface area contributed by atoms with Crippen molar-refractivity contribution >= 4 is 11.3 Å². The largest absolute Gasteiger partial charge is 0.497 e. The number of aryl methyl sites for hydroxylation is 3. The van der Waals surface area contributed by atoms with Gasteiger partial charge in [-0.25, -0.2) is 4.98 Å². The minimum absolute atomic E-state index is 0.778. The Bertz CT molecular complexity index is 864. The Labute approximate surface area is 123 Å². The third-order valence-electron chi connectivity index (χ3n) is 4.22. The molecule has 0 saturated carbocycles. The fourth-order valence-electron chi connectivity index (χ4n) is 3.23. The maximum absolute atomic E-state index is 5.98. The van der Waals surface area contributed by atoms with Crippen molar-refractivity contribution in [3.63, 3.8) is 0 Å². The molecule has 1 aliphatic rings. The van der Waals surface area contributed by atoms with Gasteiger partial charge in [-0.3, -0.25) is 0 Å². The van der Waals surface area contributed by atoms with Crippen LogP contribution in [0.15, 0.2) is 30.5 Å². The molecule has 106 valence electrons. The van der Waals surface area contributed by atoms with Crippen molar-refractivity contribution in [2.24, 2.45) is 0 Å². The second-order valence-corrected chi connectivity index (χ2v) is 5.58. The molecule has 0 unspecified atom stereocenters. The molecule has 0 spiro atoms. The van der Waals surface area contributed by atoms with Crippen molar-refractivity contribution in [3.05, 3.63) is 47.3 Å². The SMILES string of the molecule is COc1ccc2c(c1)CCc1c-2nc2c(C)cc(N)cn12. The summed E-state index contributed by atoms with van der Waals surface area (Å²) in [5, 5.41) is 0. The Balaban J connectivity index is 2.01. The van der Waals surface area contributed by atoms with Crippen LogP contribution in [0.4, 0.5) is 5.69 Å². The third kappa shape index (κ3) is 1.72. The van der Waals surface area contributed by atoms with Crippen LogP contribution in [0.1, 0.15) is 16.8 Å². The van der Waals surface area contributed by atoms with E-state index in [2.05, 4.69) is 23.5 Å². The summed E-state index contributed by atoms with van der Waals surface area (Å²) in [7, 11) is 1.70. The van der Waals surface area contributed by atoms with Crippen LogP contribution in [0, 0.1) is 6.92 Å². The lowest BCUT2D eigenvalue weighted by molar-refractivity contribution is 0.414. The van der Waals surface area contributed by atoms with Crippen LogP contribution in [0.3, 0.4) is 0 Å². The topological polar surface area (TPSA) is 52.5 Å². The minimum atomic E-state index is 0.778. The maximum atomic E-state index is 5.98. The van der Waals surface area contributed by atoms with E-state index in [1.807, 2.05) is 18.3 Å². The van der Waals surface area contributed by atoms with Gasteiger partial charge in [0.2, 0.25) is 0 Å². The van der Waals surface area contributed by atoms with Crippen molar-refractivity contribution < 1.29 is 4.74 Å². The van der Waals surface area contributed by atoms with Gasteiger partial charge in [-0.15, -0.1) is 0 Å². The molecule has 0 aliphatic heterocycles. The van der Waals surface area contributed by atoms with Gasteiger partial charge in [0.15, 0.2) is 0 Å². The van der Waals surface area contributed by atoms with Crippen LogP contribution >= 0.6 is 0 Å². The summed E-state index contributed by atoms with van der Waals surface area (Å²) >= 11 is 0. The summed E-state index contributed by atoms with van der Waals surface area (Å²) in [4.78, 5) is 4.86. The lowest BCUT2D eigenvalue weighted by Gasteiger charge is -2.16. The predicted octanol–water partition coefficient (Wildman–Crippen LogP) is 3.00. The first-order valence-corrected chi connectivity index (χ1v) is 7.11. The first-order valence-electron chi connectivity index (χ1n) is 7.11. The number of rotatable bonds is 1. The number of aromatic nitrogens is 2. The number of methoxy groups -OCH3 is 1. The Morgan fingerprint density at radius 2 is 2.10 bits per heavy atom. The molecule has 1 aliphatic carbocycles. The molecule has 21 heavy (non-hydrogen) atoms. The van der Waals surface area contributed by atoms with Gasteiger partial charge in [-0.05, 0) is 55.2 Å². The number of hydrogen-bond donors (Lipinski definition) is 1. The van der Waals surface area contributed by atoms with E-state index < -0.39 is 0 Å². The van der Waals surface area contributed by atoms with Gasteiger partial charge in [0.1, 0.15) is 11.4 Å². The highest BCUT2D eigenvalue weighted by molar-refractivity contribution is 5.74. The van der Waals surface area contributed by atoms with Crippen molar-refractivity contribution in [1.29, 1.82) is 0 Å². The molecule has 2 aromatic heterocycles. The average molecular weight is 279 g/mol. The summed E-state index contributed by atoms with van der Waals surface area (Å²) in [6.45, 7) is 2.05. The second-order valence-electron chi connectivity index (χ2n) is 5.58. The Hall–Kier alpha value is -2.49. The first kappa shape index (κ1) is 12.3. The zero-order chi connectivity index (χ0) is 14.6. The molecule has 0 saturated heterocycles. The predicted molar refractivity (Wildman–Crippen MR) is 83.7 cm³/mol. The van der Waals surface area contributed by atoms with E-state index >= 15 is 0 Å². The monoisotopic (exact) mass is 279 g/mol. The molecule has 0 atom stereocenters. The van der Waals surface area contributed by atoms with Crippen LogP contribution in [-0.4, -0.2) is 16.5 Å². The highest BCUT2D eigenvalue weighted by Crippen LogP contribution is 2.36. The first-order chi connectivity index (χ1) is 10.2. The molecule has 4 nitrogen and oxygen atoms in total. The summed E-state index contributed by atoms with van der Waals surface area (Å²) in [6, 6.07) is 8.20. The molecule has 2 heterocycles. The van der Waals surface area contributed by atoms with E-state index in [9.17, 15) is 0 Å². The summed E-state index contributed by atoms with van der Waals surface area (Å²) in [5.74, 6) is 0.904. The number of imidazole rings is 1. The van der Waals surface area contributed by atoms with Crippen LogP contribution in [0.5, 0.6) is 5.75 Å². The molecule has 0 fully saturated rings. The van der Waals surface area contributed by atoms with Crippen LogP contribution in [0.2, 0.25) is 0 Å². The number of benzene rings is 1. The lowest BCUT2D eigenvalue weighted by Crippen LogP contribution is -2.06. The van der Waals surface area contributed by atoms with Gasteiger partial charge in [-0.1, -0.05) is 0 Å². The number of nitrogens with zero attached hydrogens (tertiary/aromatic N) is 2. The molecular weight excluding hydrogens is 262 g/mol. The number of pyridine rings is 1. The molecule has 0 amide bonds. The standard InChI is InChI=1S/C17H17N3O/c1-10-7-12(18)9-20-15-6-3-11-8-13(21-2)4-5-14(11)16(15)19-17(10)20/h4-5,7-9H,3,6,18H2,1-2H3. The van der Waals surface area contributed by atoms with Gasteiger partial charge in [0.25, 0.3) is 0 Å². The highest BCUT2D eigenvalue weighted by Gasteiger charge is 2.22. The highest BCUT2D eigenvalue weighted by atomic mass is 16.5. The van der Waals surface area contributed by atoms with E-state index in [4.69, 9.17) is 15.5 Å². The third-order valence-corrected chi connectivity index (χ3v) is 4.22. The van der Waals surface area contributed by atoms with Crippen molar-refractivity contribution in [1.82, 2.24) is 9.38 Å². The molecule has 3 aromatic rings. The van der Waals surface area contributed by atoms with Crippen molar-refractivity contribution in [2.75, 3.05) is 12.8 Å². The molecule has 4 rings (SSSR count). The van der Waals surface area contributed by atoms with Crippen molar-refractivity contribution in [3.8, 4) is 17.0 Å². The van der Waals surface area contributed by atoms with E-state index in [0.717, 1.165) is 41.2 Å². The van der Waals surface area contributed by atoms with Gasteiger partial charge in [-0.2, -0.15) is 0 Å². The zero-order valence-electron chi connectivity index (χ0n) is 12.2. The maximum Gasteiger partial charge on any atom is 0.140 e. The Morgan fingerprint density at radius 3 is 2.90 bits per heavy atom. The van der Waals surface area contributed by atoms with Crippen molar-refractivity contribution in [2.45, 2.75) is 19.8 Å². The van der Waals surface area contributed by atoms with Crippen LogP contribution in [0.25, 0.3) is 16.9 Å². The van der Waals surface area contributed by atoms with Crippen LogP contribution < -0.4 is 10.5 Å². The molecule has 1 aromatic carbocycles. The van der Waals surface area contributed by atoms with Gasteiger partial charge in [0, 0.05) is 17.4 Å². The van der Waals surface area contributed by atoms with E-state index in [-0.39, 0.29) is 0 Å². The van der Waals surface area contributed by atoms with E-state index in [1.54, 1.807) is 7.11 Å². The second kappa shape index (κ2) is 4.25. The number of hydrogen-bond acceptors (Lipinski definition) is 3. The Kier molecular flexibility index (Phi) is 2.48. The number of nitrogen functional groups attached to an aromatic ring is 1. The molecule has 0 radical (unpaired) electrons. The molecule has 0 bridgehead atoms. The molecule has 2 N–H and O–H groups in total. The lowest BCUT2D eigenvalue weighted by atomic mass is 9.92. The van der Waals surface area contributed by atoms with Crippen LogP contribution in [-0.2, 0) is 12.8 Å². The summed E-state index contributed by atoms with van der Waals surface area (Å²) in [6.07, 6.45) is 3.95. The number of anilines is 1. The van der Waals surface area contributed by atoms with Gasteiger partial charge < -0.3 is 14.9 Å². The summed E-state index contributed by atoms with van der Waals surface area (Å²) in [5.41, 5.74) is 13.7. The summed E-state index contributed by atoms with van der Waals surface area (Å²) < 4.78 is 7.47. The zero-order valence-corrected chi connectivity index (χ0v) is 12.2. The normalized spacial score (nSPS) is 13.0. The van der Waals surface area contributed by atoms with Gasteiger partial charge in [0.05, 0.1) is 18.5 Å². The van der Waals surface area contributed by atoms with E-state index in [1.165, 1.54) is 16.8 Å². The number of ether oxygens (including phenoxy) is 1. The molecular formula is C17H17N3O. The fraction of sp³-hybridized carbons (Fsp3) is 0.235. The average Bonchev–Trinajstić information content (AvgIpc) is 2.86. The molecule has 4 heteroatoms. The smallest absolute Gasteiger partial charge is 0.140 e. The minimum Gasteiger partial charge on any atom is -0.497 e. The number of fused-ring (bicyclic) bond motifs is 5. The van der Waals surface area contributed by atoms with E-state index in [0.29, 0.717) is 0 Å². The fourth-order valence-corrected chi connectivity index (χ4v) is 3.23. The van der Waals surface area contributed by atoms with Gasteiger partial charge >= 0.3 is 0 Å². The number of nitrogens with two attached hydrogens (primary N) is 1.